The maximum atomic E-state index is 12.3. The van der Waals surface area contributed by atoms with Gasteiger partial charge in [0.15, 0.2) is 27.6 Å². The highest BCUT2D eigenvalue weighted by Crippen LogP contribution is 2.28. The molecule has 0 aliphatic heterocycles. The Morgan fingerprint density at radius 1 is 1.21 bits per heavy atom. The van der Waals surface area contributed by atoms with E-state index in [4.69, 9.17) is 9.47 Å². The van der Waals surface area contributed by atoms with Gasteiger partial charge in [0.25, 0.3) is 0 Å². The number of thioether (sulfide) groups is 1. The summed E-state index contributed by atoms with van der Waals surface area (Å²) in [4.78, 5) is 28.7. The second-order valence-electron chi connectivity index (χ2n) is 6.94. The van der Waals surface area contributed by atoms with Crippen LogP contribution >= 0.6 is 23.1 Å². The van der Waals surface area contributed by atoms with Crippen LogP contribution in [0, 0.1) is 6.92 Å². The van der Waals surface area contributed by atoms with Crippen molar-refractivity contribution in [2.24, 2.45) is 0 Å². The molecule has 1 aromatic carbocycles. The van der Waals surface area contributed by atoms with E-state index in [0.717, 1.165) is 11.3 Å². The van der Waals surface area contributed by atoms with Crippen LogP contribution < -0.4 is 20.1 Å². The number of hydrogen-bond donors (Lipinski definition) is 2. The number of hydrogen-bond acceptors (Lipinski definition) is 9. The summed E-state index contributed by atoms with van der Waals surface area (Å²) in [5.41, 5.74) is 1.67. The van der Waals surface area contributed by atoms with Gasteiger partial charge in [-0.2, -0.15) is 0 Å². The lowest BCUT2D eigenvalue weighted by Gasteiger charge is -2.08. The van der Waals surface area contributed by atoms with Crippen LogP contribution in [0.3, 0.4) is 0 Å². The molecular weight excluding hydrogens is 476 g/mol. The Labute approximate surface area is 205 Å². The highest BCUT2D eigenvalue weighted by molar-refractivity contribution is 7.99. The van der Waals surface area contributed by atoms with Gasteiger partial charge in [0.1, 0.15) is 0 Å². The summed E-state index contributed by atoms with van der Waals surface area (Å²) in [5.74, 6) is 1.55. The monoisotopic (exact) mass is 502 g/mol. The first-order valence-electron chi connectivity index (χ1n) is 10.4. The number of benzene rings is 1. The fourth-order valence-corrected chi connectivity index (χ4v) is 4.45. The Bertz CT molecular complexity index is 1170. The predicted octanol–water partition coefficient (Wildman–Crippen LogP) is 3.14. The lowest BCUT2D eigenvalue weighted by Crippen LogP contribution is -2.22. The van der Waals surface area contributed by atoms with Crippen molar-refractivity contribution in [1.82, 2.24) is 25.1 Å². The summed E-state index contributed by atoms with van der Waals surface area (Å²) in [7, 11) is 3.13. The zero-order valence-electron chi connectivity index (χ0n) is 19.3. The van der Waals surface area contributed by atoms with Crippen molar-refractivity contribution in [3.05, 3.63) is 46.7 Å². The van der Waals surface area contributed by atoms with Gasteiger partial charge in [0.2, 0.25) is 11.8 Å². The Hall–Kier alpha value is -3.38. The smallest absolute Gasteiger partial charge is 0.244 e. The van der Waals surface area contributed by atoms with Crippen LogP contribution in [0.25, 0.3) is 6.08 Å². The van der Waals surface area contributed by atoms with E-state index in [1.165, 1.54) is 29.2 Å². The lowest BCUT2D eigenvalue weighted by atomic mass is 10.2. The van der Waals surface area contributed by atoms with Crippen molar-refractivity contribution in [2.75, 3.05) is 25.3 Å². The van der Waals surface area contributed by atoms with E-state index in [-0.39, 0.29) is 24.1 Å². The molecule has 0 radical (unpaired) electrons. The SMILES string of the molecule is CCn1c(CNC(=O)C=Cc2ccc(OC)c(OC)c2)nnc1SCC(=O)Nc1nc(C)cs1. The molecule has 12 heteroatoms. The summed E-state index contributed by atoms with van der Waals surface area (Å²) in [5, 5.41) is 17.0. The number of aryl methyl sites for hydroxylation is 1. The maximum Gasteiger partial charge on any atom is 0.244 e. The van der Waals surface area contributed by atoms with Gasteiger partial charge in [-0.25, -0.2) is 4.98 Å². The van der Waals surface area contributed by atoms with Crippen molar-refractivity contribution in [1.29, 1.82) is 0 Å². The zero-order valence-corrected chi connectivity index (χ0v) is 21.0. The van der Waals surface area contributed by atoms with Crippen molar-refractivity contribution < 1.29 is 19.1 Å². The minimum absolute atomic E-state index is 0.167. The first kappa shape index (κ1) is 25.2. The third-order valence-electron chi connectivity index (χ3n) is 4.56. The molecule has 34 heavy (non-hydrogen) atoms. The Balaban J connectivity index is 1.53. The first-order valence-corrected chi connectivity index (χ1v) is 12.2. The number of carbonyl (C=O) groups is 2. The van der Waals surface area contributed by atoms with Crippen LogP contribution in [-0.2, 0) is 22.7 Å². The zero-order chi connectivity index (χ0) is 24.5. The number of rotatable bonds is 11. The molecule has 0 aliphatic rings. The van der Waals surface area contributed by atoms with E-state index >= 15 is 0 Å². The highest BCUT2D eigenvalue weighted by atomic mass is 32.2. The molecule has 0 fully saturated rings. The fraction of sp³-hybridized carbons (Fsp3) is 0.318. The molecule has 3 rings (SSSR count). The van der Waals surface area contributed by atoms with Crippen molar-refractivity contribution in [3.8, 4) is 11.5 Å². The standard InChI is InChI=1S/C22H26N6O4S2/c1-5-28-18(26-27-22(28)34-13-20(30)25-21-24-14(2)12-33-21)11-23-19(29)9-7-15-6-8-16(31-3)17(10-15)32-4/h6-10,12H,5,11,13H2,1-4H3,(H,23,29)(H,24,25,30). The number of carbonyl (C=O) groups excluding carboxylic acids is 2. The van der Waals surface area contributed by atoms with Gasteiger partial charge < -0.3 is 24.7 Å². The molecule has 10 nitrogen and oxygen atoms in total. The van der Waals surface area contributed by atoms with Crippen LogP contribution in [0.5, 0.6) is 11.5 Å². The van der Waals surface area contributed by atoms with Gasteiger partial charge in [-0.3, -0.25) is 9.59 Å². The number of methoxy groups -OCH3 is 2. The Morgan fingerprint density at radius 2 is 2.00 bits per heavy atom. The van der Waals surface area contributed by atoms with E-state index in [0.29, 0.717) is 34.2 Å². The quantitative estimate of drug-likeness (QED) is 0.303. The van der Waals surface area contributed by atoms with Crippen LogP contribution in [-0.4, -0.2) is 51.5 Å². The number of ether oxygens (including phenoxy) is 2. The second-order valence-corrected chi connectivity index (χ2v) is 8.74. The third-order valence-corrected chi connectivity index (χ3v) is 6.41. The summed E-state index contributed by atoms with van der Waals surface area (Å²) in [6.07, 6.45) is 3.12. The molecule has 0 saturated heterocycles. The highest BCUT2D eigenvalue weighted by Gasteiger charge is 2.14. The number of aromatic nitrogens is 4. The van der Waals surface area contributed by atoms with E-state index in [2.05, 4.69) is 25.8 Å². The average molecular weight is 503 g/mol. The van der Waals surface area contributed by atoms with E-state index < -0.39 is 0 Å². The molecule has 2 aromatic heterocycles. The topological polar surface area (TPSA) is 120 Å². The number of nitrogens with zero attached hydrogens (tertiary/aromatic N) is 4. The molecule has 0 spiro atoms. The summed E-state index contributed by atoms with van der Waals surface area (Å²) >= 11 is 2.66. The van der Waals surface area contributed by atoms with Crippen LogP contribution in [0.4, 0.5) is 5.13 Å². The minimum Gasteiger partial charge on any atom is -0.493 e. The number of thiazole rings is 1. The summed E-state index contributed by atoms with van der Waals surface area (Å²) in [6.45, 7) is 4.64. The minimum atomic E-state index is -0.271. The fourth-order valence-electron chi connectivity index (χ4n) is 2.92. The van der Waals surface area contributed by atoms with Gasteiger partial charge in [0, 0.05) is 18.0 Å². The van der Waals surface area contributed by atoms with Gasteiger partial charge in [-0.15, -0.1) is 21.5 Å². The largest absolute Gasteiger partial charge is 0.493 e. The number of amides is 2. The van der Waals surface area contributed by atoms with Crippen LogP contribution in [0.2, 0.25) is 0 Å². The third kappa shape index (κ3) is 6.81. The number of nitrogens with one attached hydrogen (secondary N) is 2. The molecule has 0 unspecified atom stereocenters. The molecular formula is C22H26N6O4S2. The molecule has 0 aliphatic carbocycles. The molecule has 180 valence electrons. The van der Waals surface area contributed by atoms with Gasteiger partial charge in [0.05, 0.1) is 32.2 Å². The van der Waals surface area contributed by atoms with E-state index in [1.807, 2.05) is 29.9 Å². The van der Waals surface area contributed by atoms with Gasteiger partial charge in [-0.05, 0) is 37.6 Å². The molecule has 0 atom stereocenters. The molecule has 2 amide bonds. The van der Waals surface area contributed by atoms with E-state index in [1.54, 1.807) is 32.4 Å². The van der Waals surface area contributed by atoms with Gasteiger partial charge in [-0.1, -0.05) is 17.8 Å². The molecule has 0 saturated carbocycles. The Kier molecular flexibility index (Phi) is 9.05. The van der Waals surface area contributed by atoms with E-state index in [9.17, 15) is 9.59 Å². The maximum absolute atomic E-state index is 12.3. The van der Waals surface area contributed by atoms with Crippen LogP contribution in [0.15, 0.2) is 34.8 Å². The molecule has 3 aromatic rings. The average Bonchev–Trinajstić information content (AvgIpc) is 3.44. The Morgan fingerprint density at radius 3 is 2.68 bits per heavy atom. The lowest BCUT2D eigenvalue weighted by molar-refractivity contribution is -0.116. The van der Waals surface area contributed by atoms with Crippen molar-refractivity contribution in [2.45, 2.75) is 32.1 Å². The van der Waals surface area contributed by atoms with Crippen molar-refractivity contribution in [3.63, 3.8) is 0 Å². The number of anilines is 1. The normalized spacial score (nSPS) is 10.9. The predicted molar refractivity (Wildman–Crippen MR) is 132 cm³/mol. The first-order chi connectivity index (χ1) is 16.4. The molecule has 2 heterocycles. The summed E-state index contributed by atoms with van der Waals surface area (Å²) < 4.78 is 12.4. The second kappa shape index (κ2) is 12.2. The summed E-state index contributed by atoms with van der Waals surface area (Å²) in [6, 6.07) is 5.39. The molecule has 2 N–H and O–H groups in total. The van der Waals surface area contributed by atoms with Gasteiger partial charge >= 0.3 is 0 Å². The van der Waals surface area contributed by atoms with Crippen molar-refractivity contribution >= 4 is 46.1 Å². The molecule has 0 bridgehead atoms. The van der Waals surface area contributed by atoms with Crippen LogP contribution in [0.1, 0.15) is 24.0 Å².